The van der Waals surface area contributed by atoms with Gasteiger partial charge in [0.15, 0.2) is 0 Å². The Kier molecular flexibility index (Phi) is 9.41. The fourth-order valence-corrected chi connectivity index (χ4v) is 0.870. The van der Waals surface area contributed by atoms with Gasteiger partial charge in [-0.05, 0) is 12.1 Å². The topological polar surface area (TPSA) is 27.7 Å². The molecule has 1 aromatic rings. The molecule has 1 atom stereocenters. The first-order valence-corrected chi connectivity index (χ1v) is 4.19. The van der Waals surface area contributed by atoms with Crippen molar-refractivity contribution in [2.45, 2.75) is 6.10 Å². The van der Waals surface area contributed by atoms with Gasteiger partial charge >= 0.3 is 0 Å². The van der Waals surface area contributed by atoms with Crippen molar-refractivity contribution in [2.75, 3.05) is 13.4 Å². The zero-order valence-corrected chi connectivity index (χ0v) is 11.2. The van der Waals surface area contributed by atoms with Crippen LogP contribution in [-0.4, -0.2) is 27.6 Å². The van der Waals surface area contributed by atoms with E-state index in [2.05, 4.69) is 4.65 Å². The van der Waals surface area contributed by atoms with Crippen LogP contribution in [0, 0.1) is 6.92 Å². The summed E-state index contributed by atoms with van der Waals surface area (Å²) < 4.78 is 14.4. The fraction of sp³-hybridized carbons (Fsp3) is 0.300. The van der Waals surface area contributed by atoms with Gasteiger partial charge in [0.25, 0.3) is 8.05 Å². The Bertz CT molecular complexity index is 246. The van der Waals surface area contributed by atoms with E-state index in [1.165, 1.54) is 0 Å². The van der Waals surface area contributed by atoms with Crippen LogP contribution >= 0.6 is 0 Å². The molecule has 0 aliphatic heterocycles. The SMILES string of the molecule is [B]OCOC([CH-])COc1ccccc1.[Y]. The summed E-state index contributed by atoms with van der Waals surface area (Å²) in [6, 6.07) is 9.35. The Morgan fingerprint density at radius 3 is 2.53 bits per heavy atom. The molecular formula is C10H11BO3Y-. The molecule has 0 bridgehead atoms. The molecule has 0 aliphatic carbocycles. The second-order valence-corrected chi connectivity index (χ2v) is 2.61. The largest absolute Gasteiger partial charge is 0.494 e. The molecule has 0 fully saturated rings. The number of hydrogen-bond acceptors (Lipinski definition) is 3. The summed E-state index contributed by atoms with van der Waals surface area (Å²) in [5.74, 6) is 0.750. The molecule has 1 rings (SSSR count). The summed E-state index contributed by atoms with van der Waals surface area (Å²) in [5.41, 5.74) is 0. The maximum atomic E-state index is 5.52. The van der Waals surface area contributed by atoms with Gasteiger partial charge in [0.1, 0.15) is 12.5 Å². The van der Waals surface area contributed by atoms with Crippen LogP contribution in [0.3, 0.4) is 0 Å². The average molecular weight is 279 g/mol. The first-order chi connectivity index (χ1) is 6.83. The Labute approximate surface area is 117 Å². The van der Waals surface area contributed by atoms with Crippen LogP contribution in [0.1, 0.15) is 0 Å². The number of benzene rings is 1. The van der Waals surface area contributed by atoms with Gasteiger partial charge in [-0.15, -0.1) is 0 Å². The molecule has 0 saturated carbocycles. The van der Waals surface area contributed by atoms with E-state index in [0.29, 0.717) is 0 Å². The van der Waals surface area contributed by atoms with Crippen molar-refractivity contribution in [3.05, 3.63) is 37.3 Å². The van der Waals surface area contributed by atoms with Gasteiger partial charge in [-0.2, -0.15) is 0 Å². The number of para-hydroxylation sites is 1. The zero-order chi connectivity index (χ0) is 10.2. The molecule has 0 spiro atoms. The Morgan fingerprint density at radius 1 is 1.27 bits per heavy atom. The Morgan fingerprint density at radius 2 is 1.93 bits per heavy atom. The van der Waals surface area contributed by atoms with Gasteiger partial charge in [0.2, 0.25) is 0 Å². The summed E-state index contributed by atoms with van der Waals surface area (Å²) in [4.78, 5) is 0. The molecule has 15 heavy (non-hydrogen) atoms. The number of ether oxygens (including phenoxy) is 2. The van der Waals surface area contributed by atoms with E-state index in [1.54, 1.807) is 0 Å². The fourth-order valence-electron chi connectivity index (χ4n) is 0.870. The minimum Gasteiger partial charge on any atom is -0.494 e. The zero-order valence-electron chi connectivity index (χ0n) is 8.34. The second kappa shape index (κ2) is 9.34. The predicted octanol–water partition coefficient (Wildman–Crippen LogP) is 1.22. The van der Waals surface area contributed by atoms with Crippen LogP contribution in [0.2, 0.25) is 0 Å². The van der Waals surface area contributed by atoms with Gasteiger partial charge in [-0.25, -0.2) is 0 Å². The van der Waals surface area contributed by atoms with Crippen LogP contribution in [0.25, 0.3) is 0 Å². The van der Waals surface area contributed by atoms with Crippen LogP contribution in [0.15, 0.2) is 30.3 Å². The smallest absolute Gasteiger partial charge is 0.285 e. The van der Waals surface area contributed by atoms with Crippen LogP contribution < -0.4 is 4.74 Å². The van der Waals surface area contributed by atoms with Crippen molar-refractivity contribution in [3.63, 3.8) is 0 Å². The van der Waals surface area contributed by atoms with E-state index >= 15 is 0 Å². The summed E-state index contributed by atoms with van der Waals surface area (Å²) in [5, 5.41) is 0. The van der Waals surface area contributed by atoms with Crippen molar-refractivity contribution >= 4 is 8.05 Å². The summed E-state index contributed by atoms with van der Waals surface area (Å²) in [6.45, 7) is 5.74. The third-order valence-electron chi connectivity index (χ3n) is 1.51. The molecular weight excluding hydrogens is 268 g/mol. The predicted molar refractivity (Wildman–Crippen MR) is 52.8 cm³/mol. The van der Waals surface area contributed by atoms with Gasteiger partial charge in [0, 0.05) is 32.7 Å². The Balaban J connectivity index is 0.00000196. The normalized spacial score (nSPS) is 11.5. The molecule has 0 N–H and O–H groups in total. The van der Waals surface area contributed by atoms with Crippen molar-refractivity contribution in [1.82, 2.24) is 0 Å². The maximum Gasteiger partial charge on any atom is 0.285 e. The van der Waals surface area contributed by atoms with Gasteiger partial charge in [-0.1, -0.05) is 24.3 Å². The molecule has 0 aromatic heterocycles. The summed E-state index contributed by atoms with van der Waals surface area (Å²) >= 11 is 0. The first-order valence-electron chi connectivity index (χ1n) is 4.19. The molecule has 1 unspecified atom stereocenters. The molecule has 0 amide bonds. The molecule has 0 saturated heterocycles. The van der Waals surface area contributed by atoms with E-state index in [4.69, 9.17) is 24.4 Å². The summed E-state index contributed by atoms with van der Waals surface area (Å²) in [6.07, 6.45) is -0.543. The van der Waals surface area contributed by atoms with Crippen molar-refractivity contribution in [3.8, 4) is 5.75 Å². The van der Waals surface area contributed by atoms with Crippen molar-refractivity contribution in [1.29, 1.82) is 0 Å². The first kappa shape index (κ1) is 15.1. The minimum atomic E-state index is -0.543. The molecule has 0 heterocycles. The molecule has 4 radical (unpaired) electrons. The molecule has 5 heteroatoms. The average Bonchev–Trinajstić information content (AvgIpc) is 2.25. The number of hydrogen-bond donors (Lipinski definition) is 0. The van der Waals surface area contributed by atoms with Gasteiger partial charge in [0.05, 0.1) is 6.61 Å². The van der Waals surface area contributed by atoms with Crippen molar-refractivity contribution in [2.24, 2.45) is 0 Å². The van der Waals surface area contributed by atoms with Gasteiger partial charge < -0.3 is 21.1 Å². The third kappa shape index (κ3) is 7.07. The maximum absolute atomic E-state index is 5.52. The van der Waals surface area contributed by atoms with E-state index in [1.807, 2.05) is 30.3 Å². The summed E-state index contributed by atoms with van der Waals surface area (Å²) in [7, 11) is 4.76. The minimum absolute atomic E-state index is 0. The number of rotatable bonds is 6. The standard InChI is InChI=1S/C10H11BO3.Y/c1-9(13-8-14-11)7-12-10-5-3-2-4-6-10;/h1-6,9H,7-8H2;/q-1;. The molecule has 3 nitrogen and oxygen atoms in total. The molecule has 1 aromatic carbocycles. The van der Waals surface area contributed by atoms with Crippen LogP contribution in [-0.2, 0) is 42.1 Å². The van der Waals surface area contributed by atoms with E-state index in [-0.39, 0.29) is 46.1 Å². The third-order valence-corrected chi connectivity index (χ3v) is 1.51. The monoisotopic (exact) mass is 279 g/mol. The molecule has 76 valence electrons. The quantitative estimate of drug-likeness (QED) is 0.445. The van der Waals surface area contributed by atoms with E-state index in [9.17, 15) is 0 Å². The Hall–Kier alpha value is 0.109. The van der Waals surface area contributed by atoms with Crippen molar-refractivity contribution < 1.29 is 46.8 Å². The van der Waals surface area contributed by atoms with Crippen LogP contribution in [0.5, 0.6) is 5.75 Å². The molecule has 0 aliphatic rings. The second-order valence-electron chi connectivity index (χ2n) is 2.61. The van der Waals surface area contributed by atoms with Gasteiger partial charge in [-0.3, -0.25) is 0 Å². The van der Waals surface area contributed by atoms with E-state index < -0.39 is 6.10 Å². The van der Waals surface area contributed by atoms with E-state index in [0.717, 1.165) is 5.75 Å². The van der Waals surface area contributed by atoms with Crippen LogP contribution in [0.4, 0.5) is 0 Å².